The minimum Gasteiger partial charge on any atom is -0.423 e. The number of hydrogen-bond donors (Lipinski definition) is 0. The first kappa shape index (κ1) is 24.5. The number of rotatable bonds is 13. The molecule has 3 nitrogen and oxygen atoms in total. The minimum atomic E-state index is -0.353. The molecule has 172 valence electrons. The van der Waals surface area contributed by atoms with Crippen molar-refractivity contribution in [1.29, 1.82) is 5.26 Å². The van der Waals surface area contributed by atoms with Crippen LogP contribution in [0.1, 0.15) is 92.6 Å². The van der Waals surface area contributed by atoms with E-state index in [1.54, 1.807) is 12.1 Å². The van der Waals surface area contributed by atoms with Gasteiger partial charge in [0.05, 0.1) is 17.2 Å². The van der Waals surface area contributed by atoms with Crippen molar-refractivity contribution in [1.82, 2.24) is 0 Å². The van der Waals surface area contributed by atoms with Gasteiger partial charge in [0.25, 0.3) is 0 Å². The number of nitrogens with zero attached hydrogens (tertiary/aromatic N) is 1. The minimum absolute atomic E-state index is 0.353. The van der Waals surface area contributed by atoms with Crippen molar-refractivity contribution in [2.75, 3.05) is 0 Å². The van der Waals surface area contributed by atoms with Crippen molar-refractivity contribution in [2.24, 2.45) is 0 Å². The molecule has 0 atom stereocenters. The molecule has 0 bridgehead atoms. The van der Waals surface area contributed by atoms with Gasteiger partial charge in [0, 0.05) is 0 Å². The number of hydrogen-bond acceptors (Lipinski definition) is 3. The molecule has 0 N–H and O–H groups in total. The van der Waals surface area contributed by atoms with Crippen molar-refractivity contribution in [3.63, 3.8) is 0 Å². The normalized spacial score (nSPS) is 10.8. The molecule has 3 aromatic rings. The summed E-state index contributed by atoms with van der Waals surface area (Å²) in [5.74, 6) is 0.153. The molecule has 0 saturated heterocycles. The Bertz CT molecular complexity index is 1060. The highest BCUT2D eigenvalue weighted by atomic mass is 16.5. The highest BCUT2D eigenvalue weighted by Crippen LogP contribution is 2.23. The van der Waals surface area contributed by atoms with Gasteiger partial charge in [-0.05, 0) is 65.6 Å². The maximum absolute atomic E-state index is 12.5. The second kappa shape index (κ2) is 13.4. The van der Waals surface area contributed by atoms with Gasteiger partial charge in [-0.1, -0.05) is 89.0 Å². The summed E-state index contributed by atoms with van der Waals surface area (Å²) in [5.41, 5.74) is 2.44. The molecule has 3 aromatic carbocycles. The van der Waals surface area contributed by atoms with Crippen molar-refractivity contribution in [3.8, 4) is 11.8 Å². The molecule has 3 rings (SSSR count). The van der Waals surface area contributed by atoms with E-state index in [1.165, 1.54) is 69.8 Å². The summed E-state index contributed by atoms with van der Waals surface area (Å²) in [7, 11) is 0. The fourth-order valence-electron chi connectivity index (χ4n) is 4.15. The van der Waals surface area contributed by atoms with Crippen LogP contribution in [0.25, 0.3) is 10.8 Å². The first-order valence-corrected chi connectivity index (χ1v) is 12.4. The van der Waals surface area contributed by atoms with E-state index in [1.807, 2.05) is 48.5 Å². The smallest absolute Gasteiger partial charge is 0.343 e. The molecule has 0 heterocycles. The highest BCUT2D eigenvalue weighted by molar-refractivity contribution is 5.92. The fourth-order valence-corrected chi connectivity index (χ4v) is 4.15. The molecule has 0 amide bonds. The molecule has 0 fully saturated rings. The first-order chi connectivity index (χ1) is 16.2. The molecular weight excluding hydrogens is 406 g/mol. The second-order valence-corrected chi connectivity index (χ2v) is 8.85. The van der Waals surface area contributed by atoms with E-state index < -0.39 is 0 Å². The zero-order valence-corrected chi connectivity index (χ0v) is 19.8. The molecule has 0 aromatic heterocycles. The van der Waals surface area contributed by atoms with Gasteiger partial charge in [0.1, 0.15) is 5.75 Å². The van der Waals surface area contributed by atoms with Crippen molar-refractivity contribution >= 4 is 16.7 Å². The van der Waals surface area contributed by atoms with Crippen molar-refractivity contribution in [2.45, 2.75) is 77.6 Å². The summed E-state index contributed by atoms with van der Waals surface area (Å²) in [4.78, 5) is 12.5. The topological polar surface area (TPSA) is 50.1 Å². The van der Waals surface area contributed by atoms with Crippen LogP contribution in [0.15, 0.2) is 60.7 Å². The fraction of sp³-hybridized carbons (Fsp3) is 0.400. The summed E-state index contributed by atoms with van der Waals surface area (Å²) in [6.07, 6.45) is 14.5. The first-order valence-electron chi connectivity index (χ1n) is 12.4. The van der Waals surface area contributed by atoms with Crippen LogP contribution in [0.5, 0.6) is 5.75 Å². The Morgan fingerprint density at radius 3 is 2.03 bits per heavy atom. The Kier molecular flexibility index (Phi) is 9.98. The number of aryl methyl sites for hydroxylation is 1. The predicted octanol–water partition coefficient (Wildman–Crippen LogP) is 8.39. The number of fused-ring (bicyclic) bond motifs is 1. The lowest BCUT2D eigenvalue weighted by Gasteiger charge is -2.07. The van der Waals surface area contributed by atoms with E-state index in [0.717, 1.165) is 17.2 Å². The average molecular weight is 442 g/mol. The van der Waals surface area contributed by atoms with Crippen LogP contribution in [-0.4, -0.2) is 5.97 Å². The van der Waals surface area contributed by atoms with E-state index in [2.05, 4.69) is 13.0 Å². The standard InChI is InChI=1S/C30H35NO2/c1-2-3-4-5-6-7-8-9-10-11-12-24-13-16-26(17-14-24)30(32)33-29-20-19-27-21-25(23-31)15-18-28(27)22-29/h13-22H,2-12H2,1H3. The van der Waals surface area contributed by atoms with Gasteiger partial charge in [-0.2, -0.15) is 5.26 Å². The Morgan fingerprint density at radius 1 is 0.758 bits per heavy atom. The maximum Gasteiger partial charge on any atom is 0.343 e. The monoisotopic (exact) mass is 441 g/mol. The molecule has 0 radical (unpaired) electrons. The summed E-state index contributed by atoms with van der Waals surface area (Å²) < 4.78 is 5.57. The van der Waals surface area contributed by atoms with Crippen LogP contribution in [0.2, 0.25) is 0 Å². The van der Waals surface area contributed by atoms with Gasteiger partial charge in [-0.3, -0.25) is 0 Å². The largest absolute Gasteiger partial charge is 0.423 e. The van der Waals surface area contributed by atoms with Crippen LogP contribution in [0.4, 0.5) is 0 Å². The quantitative estimate of drug-likeness (QED) is 0.152. The van der Waals surface area contributed by atoms with Crippen molar-refractivity contribution < 1.29 is 9.53 Å². The third-order valence-electron chi connectivity index (χ3n) is 6.16. The predicted molar refractivity (Wildman–Crippen MR) is 136 cm³/mol. The van der Waals surface area contributed by atoms with Crippen molar-refractivity contribution in [3.05, 3.63) is 77.4 Å². The van der Waals surface area contributed by atoms with Gasteiger partial charge >= 0.3 is 5.97 Å². The third kappa shape index (κ3) is 8.06. The zero-order chi connectivity index (χ0) is 23.3. The molecule has 33 heavy (non-hydrogen) atoms. The number of benzene rings is 3. The van der Waals surface area contributed by atoms with E-state index in [4.69, 9.17) is 10.00 Å². The summed E-state index contributed by atoms with van der Waals surface area (Å²) in [5, 5.41) is 10.9. The van der Waals surface area contributed by atoms with Crippen LogP contribution >= 0.6 is 0 Å². The van der Waals surface area contributed by atoms with Crippen LogP contribution in [0, 0.1) is 11.3 Å². The molecule has 0 aliphatic rings. The highest BCUT2D eigenvalue weighted by Gasteiger charge is 2.09. The molecule has 3 heteroatoms. The SMILES string of the molecule is CCCCCCCCCCCCc1ccc(C(=O)Oc2ccc3cc(C#N)ccc3c2)cc1. The molecule has 0 aliphatic carbocycles. The Hall–Kier alpha value is -3.12. The summed E-state index contributed by atoms with van der Waals surface area (Å²) in [6.45, 7) is 2.26. The van der Waals surface area contributed by atoms with Gasteiger partial charge in [-0.15, -0.1) is 0 Å². The molecule has 0 spiro atoms. The number of carbonyl (C=O) groups is 1. The van der Waals surface area contributed by atoms with Gasteiger partial charge in [-0.25, -0.2) is 4.79 Å². The number of unbranched alkanes of at least 4 members (excludes halogenated alkanes) is 9. The Morgan fingerprint density at radius 2 is 1.36 bits per heavy atom. The van der Waals surface area contributed by atoms with E-state index in [-0.39, 0.29) is 5.97 Å². The van der Waals surface area contributed by atoms with E-state index in [0.29, 0.717) is 16.9 Å². The van der Waals surface area contributed by atoms with Crippen LogP contribution in [-0.2, 0) is 6.42 Å². The number of nitriles is 1. The number of esters is 1. The van der Waals surface area contributed by atoms with Gasteiger partial charge in [0.2, 0.25) is 0 Å². The van der Waals surface area contributed by atoms with Crippen LogP contribution in [0.3, 0.4) is 0 Å². The Labute approximate surface area is 198 Å². The Balaban J connectivity index is 1.39. The number of carbonyl (C=O) groups excluding carboxylic acids is 1. The van der Waals surface area contributed by atoms with Gasteiger partial charge in [0.15, 0.2) is 0 Å². The summed E-state index contributed by atoms with van der Waals surface area (Å²) >= 11 is 0. The maximum atomic E-state index is 12.5. The second-order valence-electron chi connectivity index (χ2n) is 8.85. The van der Waals surface area contributed by atoms with E-state index in [9.17, 15) is 4.79 Å². The third-order valence-corrected chi connectivity index (χ3v) is 6.16. The van der Waals surface area contributed by atoms with Gasteiger partial charge < -0.3 is 4.74 Å². The van der Waals surface area contributed by atoms with Crippen LogP contribution < -0.4 is 4.74 Å². The average Bonchev–Trinajstić information content (AvgIpc) is 2.85. The molecular formula is C30H35NO2. The molecule has 0 aliphatic heterocycles. The molecule has 0 unspecified atom stereocenters. The lowest BCUT2D eigenvalue weighted by Crippen LogP contribution is -2.08. The zero-order valence-electron chi connectivity index (χ0n) is 19.8. The lowest BCUT2D eigenvalue weighted by atomic mass is 10.0. The summed E-state index contributed by atoms with van der Waals surface area (Å²) in [6, 6.07) is 20.8. The van der Waals surface area contributed by atoms with E-state index >= 15 is 0 Å². The molecule has 0 saturated carbocycles. The lowest BCUT2D eigenvalue weighted by molar-refractivity contribution is 0.0735. The number of ether oxygens (including phenoxy) is 1.